The Labute approximate surface area is 383 Å². The van der Waals surface area contributed by atoms with Crippen molar-refractivity contribution in [2.45, 2.75) is 19.3 Å². The first-order valence-corrected chi connectivity index (χ1v) is 23.0. The van der Waals surface area contributed by atoms with E-state index < -0.39 is 0 Å². The fourth-order valence-corrected chi connectivity index (χ4v) is 11.8. The fourth-order valence-electron chi connectivity index (χ4n) is 11.8. The molecule has 66 heavy (non-hydrogen) atoms. The minimum Gasteiger partial charge on any atom is -0.310 e. The van der Waals surface area contributed by atoms with Crippen LogP contribution in [0.15, 0.2) is 224 Å². The van der Waals surface area contributed by atoms with Crippen molar-refractivity contribution in [1.82, 2.24) is 9.13 Å². The number of fused-ring (bicyclic) bond motifs is 16. The summed E-state index contributed by atoms with van der Waals surface area (Å²) in [6.45, 7) is 4.80. The van der Waals surface area contributed by atoms with Crippen LogP contribution in [-0.2, 0) is 5.41 Å². The molecule has 0 unspecified atom stereocenters. The van der Waals surface area contributed by atoms with Crippen LogP contribution in [0.5, 0.6) is 0 Å². The Morgan fingerprint density at radius 2 is 0.682 bits per heavy atom. The number of rotatable bonds is 3. The molecule has 0 bridgehead atoms. The molecule has 12 aromatic rings. The summed E-state index contributed by atoms with van der Waals surface area (Å²) in [5, 5.41) is 4.97. The Morgan fingerprint density at radius 3 is 1.23 bits per heavy atom. The van der Waals surface area contributed by atoms with Crippen molar-refractivity contribution in [3.05, 3.63) is 236 Å². The first-order valence-electron chi connectivity index (χ1n) is 23.0. The number of para-hydroxylation sites is 6. The molecule has 0 spiro atoms. The number of nitrogens with zero attached hydrogens (tertiary/aromatic N) is 3. The molecular weight excluding hydrogens is 799 g/mol. The normalized spacial score (nSPS) is 13.4. The van der Waals surface area contributed by atoms with E-state index in [-0.39, 0.29) is 5.41 Å². The molecule has 1 aliphatic heterocycles. The van der Waals surface area contributed by atoms with Crippen molar-refractivity contribution in [2.24, 2.45) is 0 Å². The lowest BCUT2D eigenvalue weighted by molar-refractivity contribution is 0.632. The van der Waals surface area contributed by atoms with E-state index in [0.29, 0.717) is 0 Å². The molecule has 3 heteroatoms. The van der Waals surface area contributed by atoms with Crippen LogP contribution < -0.4 is 4.90 Å². The van der Waals surface area contributed by atoms with Gasteiger partial charge in [-0.1, -0.05) is 172 Å². The van der Waals surface area contributed by atoms with Gasteiger partial charge in [0, 0.05) is 43.8 Å². The van der Waals surface area contributed by atoms with E-state index in [1.54, 1.807) is 0 Å². The largest absolute Gasteiger partial charge is 0.310 e. The molecule has 310 valence electrons. The molecule has 3 nitrogen and oxygen atoms in total. The summed E-state index contributed by atoms with van der Waals surface area (Å²) in [7, 11) is 0. The quantitative estimate of drug-likeness (QED) is 0.173. The van der Waals surface area contributed by atoms with Crippen LogP contribution in [-0.4, -0.2) is 9.13 Å². The van der Waals surface area contributed by atoms with E-state index in [4.69, 9.17) is 0 Å². The lowest BCUT2D eigenvalue weighted by atomic mass is 9.71. The molecule has 2 aromatic heterocycles. The molecule has 10 aromatic carbocycles. The molecule has 14 rings (SSSR count). The van der Waals surface area contributed by atoms with Crippen molar-refractivity contribution in [3.63, 3.8) is 0 Å². The third-order valence-electron chi connectivity index (χ3n) is 14.7. The number of aromatic nitrogens is 2. The van der Waals surface area contributed by atoms with Gasteiger partial charge in [-0.15, -0.1) is 0 Å². The molecule has 0 fully saturated rings. The molecule has 2 aliphatic rings. The van der Waals surface area contributed by atoms with E-state index >= 15 is 0 Å². The van der Waals surface area contributed by atoms with Gasteiger partial charge in [0.2, 0.25) is 0 Å². The maximum atomic E-state index is 2.54. The zero-order valence-corrected chi connectivity index (χ0v) is 36.7. The molecular formula is C63H43N3. The second kappa shape index (κ2) is 13.8. The highest BCUT2D eigenvalue weighted by Gasteiger charge is 2.39. The maximum absolute atomic E-state index is 2.54. The summed E-state index contributed by atoms with van der Waals surface area (Å²) < 4.78 is 5.04. The van der Waals surface area contributed by atoms with Crippen LogP contribution in [0, 0.1) is 0 Å². The predicted molar refractivity (Wildman–Crippen MR) is 277 cm³/mol. The Balaban J connectivity index is 1.19. The van der Waals surface area contributed by atoms with E-state index in [0.717, 1.165) is 17.1 Å². The highest BCUT2D eigenvalue weighted by Crippen LogP contribution is 2.58. The van der Waals surface area contributed by atoms with Crippen molar-refractivity contribution < 1.29 is 0 Å². The lowest BCUT2D eigenvalue weighted by Gasteiger charge is -2.43. The monoisotopic (exact) mass is 841 g/mol. The van der Waals surface area contributed by atoms with Crippen LogP contribution in [0.25, 0.3) is 99.5 Å². The predicted octanol–water partition coefficient (Wildman–Crippen LogP) is 17.0. The zero-order valence-electron chi connectivity index (χ0n) is 36.7. The standard InChI is InChI=1S/C63H43N3/c1-63(2)51-30-12-17-35-57(51)64(40-20-4-3-5-21-40)60-39-50-48-29-19-37-59(66-55-33-15-10-26-45(55)46-27-11-16-34-56(46)66)62(48)61-47(41-22-6-7-23-42(41)49(50)38-52(60)63)28-18-36-58(61)65-53-31-13-8-24-43(53)44-25-9-14-32-54(44)65/h3-39H,1-2H3. The average molecular weight is 842 g/mol. The third-order valence-corrected chi connectivity index (χ3v) is 14.7. The number of hydrogen-bond donors (Lipinski definition) is 0. The van der Waals surface area contributed by atoms with Crippen molar-refractivity contribution in [2.75, 3.05) is 4.90 Å². The van der Waals surface area contributed by atoms with Crippen LogP contribution in [0.1, 0.15) is 25.0 Å². The summed E-state index contributed by atoms with van der Waals surface area (Å²) in [6.07, 6.45) is 0. The van der Waals surface area contributed by atoms with Crippen molar-refractivity contribution in [1.29, 1.82) is 0 Å². The Morgan fingerprint density at radius 1 is 0.288 bits per heavy atom. The highest BCUT2D eigenvalue weighted by molar-refractivity contribution is 6.15. The van der Waals surface area contributed by atoms with Gasteiger partial charge in [-0.3, -0.25) is 0 Å². The third kappa shape index (κ3) is 5.03. The molecule has 0 N–H and O–H groups in total. The van der Waals surface area contributed by atoms with E-state index in [2.05, 4.69) is 252 Å². The van der Waals surface area contributed by atoms with Gasteiger partial charge in [-0.25, -0.2) is 0 Å². The summed E-state index contributed by atoms with van der Waals surface area (Å²) >= 11 is 0. The first-order chi connectivity index (χ1) is 32.6. The second-order valence-electron chi connectivity index (χ2n) is 18.4. The van der Waals surface area contributed by atoms with Crippen LogP contribution >= 0.6 is 0 Å². The fraction of sp³-hybridized carbons (Fsp3) is 0.0476. The first kappa shape index (κ1) is 37.0. The van der Waals surface area contributed by atoms with Gasteiger partial charge < -0.3 is 14.0 Å². The van der Waals surface area contributed by atoms with Gasteiger partial charge >= 0.3 is 0 Å². The highest BCUT2D eigenvalue weighted by atomic mass is 15.2. The maximum Gasteiger partial charge on any atom is 0.0547 e. The zero-order chi connectivity index (χ0) is 43.7. The molecule has 0 saturated heterocycles. The van der Waals surface area contributed by atoms with E-state index in [1.807, 2.05) is 0 Å². The summed E-state index contributed by atoms with van der Waals surface area (Å²) in [5.41, 5.74) is 22.6. The van der Waals surface area contributed by atoms with Crippen LogP contribution in [0.2, 0.25) is 0 Å². The van der Waals surface area contributed by atoms with Gasteiger partial charge in [-0.05, 0) is 111 Å². The minimum absolute atomic E-state index is 0.279. The van der Waals surface area contributed by atoms with E-state index in [1.165, 1.54) is 111 Å². The van der Waals surface area contributed by atoms with Crippen molar-refractivity contribution >= 4 is 60.7 Å². The minimum atomic E-state index is -0.279. The van der Waals surface area contributed by atoms with E-state index in [9.17, 15) is 0 Å². The Hall–Kier alpha value is -8.40. The molecule has 0 radical (unpaired) electrons. The number of hydrogen-bond acceptors (Lipinski definition) is 1. The van der Waals surface area contributed by atoms with Gasteiger partial charge in [0.15, 0.2) is 0 Å². The molecule has 3 heterocycles. The smallest absolute Gasteiger partial charge is 0.0547 e. The number of benzene rings is 10. The average Bonchev–Trinajstić information content (AvgIpc) is 3.89. The second-order valence-corrected chi connectivity index (χ2v) is 18.4. The molecule has 1 aliphatic carbocycles. The van der Waals surface area contributed by atoms with Crippen LogP contribution in [0.4, 0.5) is 17.1 Å². The SMILES string of the molecule is CC1(C)c2ccccc2N(c2ccccc2)c2cc3c(cc21)-c1ccccc1-c1cccc(-n2c4ccccc4c4ccccc42)c1-c1c-3cccc1-n1c2ccccc2c2ccccc21. The topological polar surface area (TPSA) is 13.1 Å². The van der Waals surface area contributed by atoms with Crippen LogP contribution in [0.3, 0.4) is 0 Å². The van der Waals surface area contributed by atoms with Crippen molar-refractivity contribution in [3.8, 4) is 55.9 Å². The number of anilines is 3. The Kier molecular flexibility index (Phi) is 7.74. The van der Waals surface area contributed by atoms with Gasteiger partial charge in [-0.2, -0.15) is 0 Å². The van der Waals surface area contributed by atoms with Gasteiger partial charge in [0.25, 0.3) is 0 Å². The lowest BCUT2D eigenvalue weighted by Crippen LogP contribution is -2.30. The molecule has 0 saturated carbocycles. The Bertz CT molecular complexity index is 3870. The molecule has 0 atom stereocenters. The van der Waals surface area contributed by atoms with Gasteiger partial charge in [0.05, 0.1) is 44.8 Å². The summed E-state index contributed by atoms with van der Waals surface area (Å²) in [4.78, 5) is 2.49. The van der Waals surface area contributed by atoms with Gasteiger partial charge in [0.1, 0.15) is 0 Å². The summed E-state index contributed by atoms with van der Waals surface area (Å²) in [6, 6.07) is 83.6. The molecule has 0 amide bonds. The summed E-state index contributed by atoms with van der Waals surface area (Å²) in [5.74, 6) is 0.